The maximum Gasteiger partial charge on any atom is 0.346 e. The third-order valence-electron chi connectivity index (χ3n) is 4.93. The molecule has 0 aromatic carbocycles. The molecule has 128 valence electrons. The number of aryl methyl sites for hydroxylation is 1. The van der Waals surface area contributed by atoms with Crippen molar-refractivity contribution in [3.8, 4) is 0 Å². The molecule has 0 amide bonds. The highest BCUT2D eigenvalue weighted by Crippen LogP contribution is 2.36. The van der Waals surface area contributed by atoms with Crippen LogP contribution in [-0.2, 0) is 4.74 Å². The molecule has 2 aliphatic rings. The van der Waals surface area contributed by atoms with E-state index in [1.54, 1.807) is 6.33 Å². The van der Waals surface area contributed by atoms with Crippen LogP contribution in [0.4, 0.5) is 5.82 Å². The number of carboxylic acids is 1. The number of carbonyl (C=O) groups is 1. The number of morpholine rings is 1. The van der Waals surface area contributed by atoms with Crippen LogP contribution in [0.1, 0.15) is 21.7 Å². The van der Waals surface area contributed by atoms with Crippen LogP contribution < -0.4 is 4.90 Å². The number of fused-ring (bicyclic) bond motifs is 1. The maximum absolute atomic E-state index is 11.4. The molecule has 2 aliphatic heterocycles. The van der Waals surface area contributed by atoms with E-state index in [2.05, 4.69) is 19.8 Å². The normalized spacial score (nSPS) is 22.4. The van der Waals surface area contributed by atoms with Crippen molar-refractivity contribution in [2.45, 2.75) is 19.4 Å². The molecule has 1 N–H and O–H groups in total. The van der Waals surface area contributed by atoms with Crippen LogP contribution in [0.5, 0.6) is 0 Å². The Morgan fingerprint density at radius 1 is 1.33 bits per heavy atom. The van der Waals surface area contributed by atoms with Gasteiger partial charge in [-0.05, 0) is 18.9 Å². The summed E-state index contributed by atoms with van der Waals surface area (Å²) in [4.78, 5) is 26.1. The zero-order valence-corrected chi connectivity index (χ0v) is 14.4. The maximum atomic E-state index is 11.4. The highest BCUT2D eigenvalue weighted by Gasteiger charge is 2.31. The van der Waals surface area contributed by atoms with E-state index in [4.69, 9.17) is 4.74 Å². The van der Waals surface area contributed by atoms with E-state index in [9.17, 15) is 9.90 Å². The number of anilines is 1. The third-order valence-corrected chi connectivity index (χ3v) is 6.11. The number of thiophene rings is 1. The number of aromatic carboxylic acids is 1. The van der Waals surface area contributed by atoms with Crippen LogP contribution in [0.25, 0.3) is 10.2 Å². The van der Waals surface area contributed by atoms with Crippen molar-refractivity contribution in [3.05, 3.63) is 16.8 Å². The third kappa shape index (κ3) is 2.64. The number of carboxylic acid groups (broad SMARTS) is 1. The summed E-state index contributed by atoms with van der Waals surface area (Å²) >= 11 is 1.23. The van der Waals surface area contributed by atoms with Crippen molar-refractivity contribution in [1.82, 2.24) is 14.9 Å². The molecular weight excluding hydrogens is 328 g/mol. The number of aromatic nitrogens is 2. The van der Waals surface area contributed by atoms with E-state index in [-0.39, 0.29) is 0 Å². The summed E-state index contributed by atoms with van der Waals surface area (Å²) in [5.41, 5.74) is 0.771. The summed E-state index contributed by atoms with van der Waals surface area (Å²) in [6.07, 6.45) is 2.64. The summed E-state index contributed by atoms with van der Waals surface area (Å²) in [5.74, 6) is -0.0222. The smallest absolute Gasteiger partial charge is 0.346 e. The van der Waals surface area contributed by atoms with Gasteiger partial charge in [0.25, 0.3) is 0 Å². The van der Waals surface area contributed by atoms with E-state index in [0.717, 1.165) is 67.4 Å². The number of nitrogens with zero attached hydrogens (tertiary/aromatic N) is 4. The van der Waals surface area contributed by atoms with Crippen LogP contribution in [0.3, 0.4) is 0 Å². The molecule has 2 saturated heterocycles. The number of rotatable bonds is 3. The van der Waals surface area contributed by atoms with Crippen molar-refractivity contribution in [3.63, 3.8) is 0 Å². The Bertz CT molecular complexity index is 772. The van der Waals surface area contributed by atoms with Crippen molar-refractivity contribution in [2.75, 3.05) is 44.3 Å². The van der Waals surface area contributed by atoms with Crippen LogP contribution in [0, 0.1) is 6.92 Å². The molecule has 0 saturated carbocycles. The minimum absolute atomic E-state index is 0.357. The Morgan fingerprint density at radius 3 is 2.88 bits per heavy atom. The Hall–Kier alpha value is -1.77. The largest absolute Gasteiger partial charge is 0.477 e. The molecule has 4 rings (SSSR count). The molecule has 0 aliphatic carbocycles. The monoisotopic (exact) mass is 348 g/mol. The lowest BCUT2D eigenvalue weighted by Crippen LogP contribution is -2.44. The quantitative estimate of drug-likeness (QED) is 0.903. The molecule has 8 heteroatoms. The molecule has 0 spiro atoms. The first-order chi connectivity index (χ1) is 11.6. The first kappa shape index (κ1) is 15.7. The fraction of sp³-hybridized carbons (Fsp3) is 0.562. The molecule has 0 bridgehead atoms. The van der Waals surface area contributed by atoms with Crippen LogP contribution in [0.2, 0.25) is 0 Å². The van der Waals surface area contributed by atoms with Gasteiger partial charge < -0.3 is 14.7 Å². The van der Waals surface area contributed by atoms with E-state index < -0.39 is 5.97 Å². The summed E-state index contributed by atoms with van der Waals surface area (Å²) in [6, 6.07) is 0.511. The second-order valence-corrected chi connectivity index (χ2v) is 7.27. The molecule has 2 aromatic rings. The highest BCUT2D eigenvalue weighted by molar-refractivity contribution is 7.20. The van der Waals surface area contributed by atoms with Gasteiger partial charge in [0.2, 0.25) is 0 Å². The molecule has 0 unspecified atom stereocenters. The Morgan fingerprint density at radius 2 is 2.12 bits per heavy atom. The standard InChI is InChI=1S/C16H20N4O3S/c1-10-12-14(17-9-18-15(12)24-13(10)16(21)22)20-3-2-11(8-20)19-4-6-23-7-5-19/h9,11H,2-8H2,1H3,(H,21,22)/t11-/m0/s1. The predicted octanol–water partition coefficient (Wildman–Crippen LogP) is 1.61. The van der Waals surface area contributed by atoms with Gasteiger partial charge in [-0.3, -0.25) is 4.90 Å². The average Bonchev–Trinajstić information content (AvgIpc) is 3.21. The van der Waals surface area contributed by atoms with Gasteiger partial charge >= 0.3 is 5.97 Å². The summed E-state index contributed by atoms with van der Waals surface area (Å²) in [5, 5.41) is 10.3. The lowest BCUT2D eigenvalue weighted by Gasteiger charge is -2.32. The lowest BCUT2D eigenvalue weighted by atomic mass is 10.2. The van der Waals surface area contributed by atoms with Crippen molar-refractivity contribution in [2.24, 2.45) is 0 Å². The van der Waals surface area contributed by atoms with Gasteiger partial charge in [-0.1, -0.05) is 0 Å². The topological polar surface area (TPSA) is 78.8 Å². The summed E-state index contributed by atoms with van der Waals surface area (Å²) in [7, 11) is 0. The second kappa shape index (κ2) is 6.27. The minimum atomic E-state index is -0.894. The van der Waals surface area contributed by atoms with Crippen LogP contribution in [-0.4, -0.2) is 71.4 Å². The minimum Gasteiger partial charge on any atom is -0.477 e. The molecule has 24 heavy (non-hydrogen) atoms. The van der Waals surface area contributed by atoms with Crippen molar-refractivity contribution >= 4 is 33.3 Å². The SMILES string of the molecule is Cc1c(C(=O)O)sc2ncnc(N3CC[C@H](N4CCOCC4)C3)c12. The molecule has 0 radical (unpaired) electrons. The second-order valence-electron chi connectivity index (χ2n) is 6.28. The molecule has 4 heterocycles. The molecular formula is C16H20N4O3S. The van der Waals surface area contributed by atoms with Crippen LogP contribution >= 0.6 is 11.3 Å². The van der Waals surface area contributed by atoms with Crippen molar-refractivity contribution < 1.29 is 14.6 Å². The lowest BCUT2D eigenvalue weighted by molar-refractivity contribution is 0.0209. The fourth-order valence-corrected chi connectivity index (χ4v) is 4.65. The Kier molecular flexibility index (Phi) is 4.11. The number of ether oxygens (including phenoxy) is 1. The first-order valence-corrected chi connectivity index (χ1v) is 9.01. The van der Waals surface area contributed by atoms with Gasteiger partial charge in [-0.25, -0.2) is 14.8 Å². The number of hydrogen-bond donors (Lipinski definition) is 1. The molecule has 2 aromatic heterocycles. The Balaban J connectivity index is 1.63. The Labute approximate surface area is 143 Å². The highest BCUT2D eigenvalue weighted by atomic mass is 32.1. The summed E-state index contributed by atoms with van der Waals surface area (Å²) < 4.78 is 5.44. The van der Waals surface area contributed by atoms with Gasteiger partial charge in [-0.2, -0.15) is 0 Å². The molecule has 2 fully saturated rings. The summed E-state index contributed by atoms with van der Waals surface area (Å²) in [6.45, 7) is 7.29. The van der Waals surface area contributed by atoms with Crippen LogP contribution in [0.15, 0.2) is 6.33 Å². The van der Waals surface area contributed by atoms with Gasteiger partial charge in [0, 0.05) is 32.2 Å². The van der Waals surface area contributed by atoms with Gasteiger partial charge in [0.05, 0.1) is 18.6 Å². The predicted molar refractivity (Wildman–Crippen MR) is 92.1 cm³/mol. The number of hydrogen-bond acceptors (Lipinski definition) is 7. The average molecular weight is 348 g/mol. The van der Waals surface area contributed by atoms with E-state index in [1.807, 2.05) is 6.92 Å². The van der Waals surface area contributed by atoms with Gasteiger partial charge in [-0.15, -0.1) is 11.3 Å². The zero-order chi connectivity index (χ0) is 16.7. The van der Waals surface area contributed by atoms with E-state index >= 15 is 0 Å². The molecule has 7 nitrogen and oxygen atoms in total. The van der Waals surface area contributed by atoms with E-state index in [0.29, 0.717) is 10.9 Å². The van der Waals surface area contributed by atoms with Crippen molar-refractivity contribution in [1.29, 1.82) is 0 Å². The first-order valence-electron chi connectivity index (χ1n) is 8.19. The zero-order valence-electron chi connectivity index (χ0n) is 13.6. The van der Waals surface area contributed by atoms with Gasteiger partial charge in [0.15, 0.2) is 0 Å². The fourth-order valence-electron chi connectivity index (χ4n) is 3.67. The molecule has 1 atom stereocenters. The van der Waals surface area contributed by atoms with E-state index in [1.165, 1.54) is 11.3 Å². The van der Waals surface area contributed by atoms with Gasteiger partial charge in [0.1, 0.15) is 21.9 Å².